The van der Waals surface area contributed by atoms with Gasteiger partial charge in [0.15, 0.2) is 0 Å². The molecule has 0 aliphatic carbocycles. The molecule has 2 heteroatoms. The molecule has 0 unspecified atom stereocenters. The van der Waals surface area contributed by atoms with Crippen molar-refractivity contribution in [1.82, 2.24) is 0 Å². The lowest BCUT2D eigenvalue weighted by atomic mass is 10.1. The molecular formula is C14H13FO. The topological polar surface area (TPSA) is 9.23 Å². The number of halogens is 1. The molecule has 0 saturated carbocycles. The van der Waals surface area contributed by atoms with E-state index in [1.165, 1.54) is 12.1 Å². The van der Waals surface area contributed by atoms with Gasteiger partial charge in [-0.3, -0.25) is 0 Å². The molecule has 0 N–H and O–H groups in total. The first kappa shape index (κ1) is 10.7. The van der Waals surface area contributed by atoms with Crippen molar-refractivity contribution in [2.45, 2.75) is 13.5 Å². The largest absolute Gasteiger partial charge is 0.489 e. The normalized spacial score (nSPS) is 10.1. The summed E-state index contributed by atoms with van der Waals surface area (Å²) in [5.74, 6) is 0.618. The zero-order chi connectivity index (χ0) is 11.4. The van der Waals surface area contributed by atoms with Gasteiger partial charge in [0.05, 0.1) is 0 Å². The van der Waals surface area contributed by atoms with Crippen molar-refractivity contribution in [3.63, 3.8) is 0 Å². The third kappa shape index (κ3) is 2.60. The molecule has 0 spiro atoms. The van der Waals surface area contributed by atoms with Crippen molar-refractivity contribution in [3.05, 3.63) is 65.5 Å². The van der Waals surface area contributed by atoms with Gasteiger partial charge in [0.1, 0.15) is 18.2 Å². The molecule has 1 nitrogen and oxygen atoms in total. The molecule has 0 aliphatic rings. The number of hydrogen-bond donors (Lipinski definition) is 0. The summed E-state index contributed by atoms with van der Waals surface area (Å²) in [6, 6.07) is 14.3. The van der Waals surface area contributed by atoms with Crippen LogP contribution in [0, 0.1) is 12.7 Å². The van der Waals surface area contributed by atoms with Gasteiger partial charge in [0, 0.05) is 0 Å². The van der Waals surface area contributed by atoms with Gasteiger partial charge in [-0.05, 0) is 42.3 Å². The molecule has 0 saturated heterocycles. The van der Waals surface area contributed by atoms with E-state index in [2.05, 4.69) is 0 Å². The Morgan fingerprint density at radius 1 is 1.06 bits per heavy atom. The standard InChI is InChI=1S/C14H13FO/c1-11-9-13(15)8-7-12(11)10-16-14-5-3-2-4-6-14/h2-9H,10H2,1H3. The Morgan fingerprint density at radius 2 is 1.81 bits per heavy atom. The minimum absolute atomic E-state index is 0.207. The van der Waals surface area contributed by atoms with Crippen LogP contribution in [0.5, 0.6) is 5.75 Å². The van der Waals surface area contributed by atoms with Crippen LogP contribution in [-0.4, -0.2) is 0 Å². The van der Waals surface area contributed by atoms with E-state index in [9.17, 15) is 4.39 Å². The molecule has 0 radical (unpaired) electrons. The third-order valence-corrected chi connectivity index (χ3v) is 2.44. The first-order valence-corrected chi connectivity index (χ1v) is 5.18. The van der Waals surface area contributed by atoms with Gasteiger partial charge in [-0.2, -0.15) is 0 Å². The second kappa shape index (κ2) is 4.79. The smallest absolute Gasteiger partial charge is 0.123 e. The van der Waals surface area contributed by atoms with Gasteiger partial charge in [0.25, 0.3) is 0 Å². The Morgan fingerprint density at radius 3 is 2.50 bits per heavy atom. The maximum absolute atomic E-state index is 12.9. The van der Waals surface area contributed by atoms with Crippen molar-refractivity contribution >= 4 is 0 Å². The van der Waals surface area contributed by atoms with Gasteiger partial charge in [-0.25, -0.2) is 4.39 Å². The second-order valence-electron chi connectivity index (χ2n) is 3.67. The van der Waals surface area contributed by atoms with E-state index in [-0.39, 0.29) is 5.82 Å². The molecule has 16 heavy (non-hydrogen) atoms. The number of para-hydroxylation sites is 1. The highest BCUT2D eigenvalue weighted by Gasteiger charge is 2.00. The average Bonchev–Trinajstić information content (AvgIpc) is 2.29. The molecule has 0 bridgehead atoms. The molecule has 82 valence electrons. The summed E-state index contributed by atoms with van der Waals surface area (Å²) < 4.78 is 18.5. The summed E-state index contributed by atoms with van der Waals surface area (Å²) in [4.78, 5) is 0. The van der Waals surface area contributed by atoms with Crippen LogP contribution in [0.4, 0.5) is 4.39 Å². The van der Waals surface area contributed by atoms with E-state index in [1.54, 1.807) is 6.07 Å². The maximum atomic E-state index is 12.9. The lowest BCUT2D eigenvalue weighted by molar-refractivity contribution is 0.305. The number of rotatable bonds is 3. The van der Waals surface area contributed by atoms with E-state index < -0.39 is 0 Å². The number of hydrogen-bond acceptors (Lipinski definition) is 1. The van der Waals surface area contributed by atoms with Crippen LogP contribution in [-0.2, 0) is 6.61 Å². The van der Waals surface area contributed by atoms with E-state index >= 15 is 0 Å². The van der Waals surface area contributed by atoms with Crippen LogP contribution in [0.3, 0.4) is 0 Å². The molecule has 0 atom stereocenters. The molecule has 2 rings (SSSR count). The average molecular weight is 216 g/mol. The zero-order valence-corrected chi connectivity index (χ0v) is 9.11. The predicted octanol–water partition coefficient (Wildman–Crippen LogP) is 3.71. The highest BCUT2D eigenvalue weighted by atomic mass is 19.1. The molecule has 2 aromatic carbocycles. The van der Waals surface area contributed by atoms with Gasteiger partial charge in [-0.1, -0.05) is 24.3 Å². The highest BCUT2D eigenvalue weighted by Crippen LogP contribution is 2.14. The quantitative estimate of drug-likeness (QED) is 0.759. The summed E-state index contributed by atoms with van der Waals surface area (Å²) >= 11 is 0. The van der Waals surface area contributed by atoms with Crippen molar-refractivity contribution in [1.29, 1.82) is 0 Å². The zero-order valence-electron chi connectivity index (χ0n) is 9.11. The monoisotopic (exact) mass is 216 g/mol. The Balaban J connectivity index is 2.05. The van der Waals surface area contributed by atoms with E-state index in [0.717, 1.165) is 16.9 Å². The summed E-state index contributed by atoms with van der Waals surface area (Å²) in [7, 11) is 0. The van der Waals surface area contributed by atoms with Crippen LogP contribution >= 0.6 is 0 Å². The molecule has 0 amide bonds. The molecule has 2 aromatic rings. The molecular weight excluding hydrogens is 203 g/mol. The lowest BCUT2D eigenvalue weighted by Crippen LogP contribution is -1.98. The van der Waals surface area contributed by atoms with Crippen molar-refractivity contribution < 1.29 is 9.13 Å². The highest BCUT2D eigenvalue weighted by molar-refractivity contribution is 5.27. The van der Waals surface area contributed by atoms with Crippen LogP contribution in [0.1, 0.15) is 11.1 Å². The van der Waals surface area contributed by atoms with E-state index in [0.29, 0.717) is 6.61 Å². The minimum Gasteiger partial charge on any atom is -0.489 e. The fourth-order valence-corrected chi connectivity index (χ4v) is 1.50. The maximum Gasteiger partial charge on any atom is 0.123 e. The van der Waals surface area contributed by atoms with Crippen LogP contribution in [0.2, 0.25) is 0 Å². The van der Waals surface area contributed by atoms with Gasteiger partial charge in [-0.15, -0.1) is 0 Å². The molecule has 0 aromatic heterocycles. The molecule has 0 fully saturated rings. The van der Waals surface area contributed by atoms with Crippen molar-refractivity contribution in [3.8, 4) is 5.75 Å². The van der Waals surface area contributed by atoms with Crippen LogP contribution in [0.15, 0.2) is 48.5 Å². The number of ether oxygens (including phenoxy) is 1. The third-order valence-electron chi connectivity index (χ3n) is 2.44. The van der Waals surface area contributed by atoms with Gasteiger partial charge < -0.3 is 4.74 Å². The number of aryl methyl sites for hydroxylation is 1. The Labute approximate surface area is 94.5 Å². The summed E-state index contributed by atoms with van der Waals surface area (Å²) in [5, 5.41) is 0. The fourth-order valence-electron chi connectivity index (χ4n) is 1.50. The Kier molecular flexibility index (Phi) is 3.20. The first-order valence-electron chi connectivity index (χ1n) is 5.18. The van der Waals surface area contributed by atoms with Crippen LogP contribution < -0.4 is 4.74 Å². The van der Waals surface area contributed by atoms with E-state index in [1.807, 2.05) is 37.3 Å². The molecule has 0 aliphatic heterocycles. The Hall–Kier alpha value is -1.83. The summed E-state index contributed by atoms with van der Waals surface area (Å²) in [6.45, 7) is 2.35. The van der Waals surface area contributed by atoms with Gasteiger partial charge >= 0.3 is 0 Å². The van der Waals surface area contributed by atoms with E-state index in [4.69, 9.17) is 4.74 Å². The first-order chi connectivity index (χ1) is 7.75. The fraction of sp³-hybridized carbons (Fsp3) is 0.143. The van der Waals surface area contributed by atoms with Crippen molar-refractivity contribution in [2.24, 2.45) is 0 Å². The summed E-state index contributed by atoms with van der Waals surface area (Å²) in [6.07, 6.45) is 0. The molecule has 0 heterocycles. The summed E-state index contributed by atoms with van der Waals surface area (Å²) in [5.41, 5.74) is 1.92. The lowest BCUT2D eigenvalue weighted by Gasteiger charge is -2.08. The Bertz CT molecular complexity index is 465. The number of benzene rings is 2. The predicted molar refractivity (Wildman–Crippen MR) is 61.9 cm³/mol. The van der Waals surface area contributed by atoms with Gasteiger partial charge in [0.2, 0.25) is 0 Å². The SMILES string of the molecule is Cc1cc(F)ccc1COc1ccccc1. The van der Waals surface area contributed by atoms with Crippen molar-refractivity contribution in [2.75, 3.05) is 0 Å². The van der Waals surface area contributed by atoms with Crippen LogP contribution in [0.25, 0.3) is 0 Å². The second-order valence-corrected chi connectivity index (χ2v) is 3.67. The minimum atomic E-state index is -0.207.